The van der Waals surface area contributed by atoms with Gasteiger partial charge in [-0.3, -0.25) is 9.59 Å². The van der Waals surface area contributed by atoms with Crippen LogP contribution in [-0.2, 0) is 9.59 Å². The monoisotopic (exact) mass is 236 g/mol. The summed E-state index contributed by atoms with van der Waals surface area (Å²) in [7, 11) is 0. The number of hydrogen-bond acceptors (Lipinski definition) is 2. The molecule has 0 aromatic heterocycles. The largest absolute Gasteiger partial charge is 0.342 e. The molecular formula is C13H20N2O2. The van der Waals surface area contributed by atoms with Gasteiger partial charge in [0.1, 0.15) is 12.1 Å². The lowest BCUT2D eigenvalue weighted by molar-refractivity contribution is -0.149. The van der Waals surface area contributed by atoms with Crippen molar-refractivity contribution in [2.24, 2.45) is 5.92 Å². The number of nitrogens with zero attached hydrogens (tertiary/aromatic N) is 1. The van der Waals surface area contributed by atoms with Gasteiger partial charge in [-0.15, -0.1) is 6.58 Å². The molecular weight excluding hydrogens is 216 g/mol. The van der Waals surface area contributed by atoms with Crippen LogP contribution >= 0.6 is 0 Å². The number of piperazine rings is 1. The lowest BCUT2D eigenvalue weighted by Gasteiger charge is -2.38. The predicted octanol–water partition coefficient (Wildman–Crippen LogP) is 1.08. The molecule has 2 unspecified atom stereocenters. The Bertz CT molecular complexity index is 336. The Balaban J connectivity index is 2.15. The summed E-state index contributed by atoms with van der Waals surface area (Å²) < 4.78 is 0. The molecule has 2 amide bonds. The van der Waals surface area contributed by atoms with Gasteiger partial charge in [-0.2, -0.15) is 0 Å². The van der Waals surface area contributed by atoms with Gasteiger partial charge in [-0.05, 0) is 25.2 Å². The first kappa shape index (κ1) is 12.1. The van der Waals surface area contributed by atoms with Gasteiger partial charge in [0.25, 0.3) is 0 Å². The van der Waals surface area contributed by atoms with E-state index in [2.05, 4.69) is 11.9 Å². The highest BCUT2D eigenvalue weighted by Crippen LogP contribution is 2.37. The normalized spacial score (nSPS) is 29.1. The molecule has 1 aliphatic carbocycles. The summed E-state index contributed by atoms with van der Waals surface area (Å²) >= 11 is 0. The summed E-state index contributed by atoms with van der Waals surface area (Å²) in [5.74, 6) is 0.442. The predicted molar refractivity (Wildman–Crippen MR) is 65.3 cm³/mol. The van der Waals surface area contributed by atoms with Crippen LogP contribution in [0.2, 0.25) is 0 Å². The summed E-state index contributed by atoms with van der Waals surface area (Å²) in [4.78, 5) is 26.0. The molecule has 94 valence electrons. The van der Waals surface area contributed by atoms with Gasteiger partial charge in [0, 0.05) is 6.54 Å². The van der Waals surface area contributed by atoms with Crippen LogP contribution in [0.1, 0.15) is 32.6 Å². The molecule has 0 bridgehead atoms. The summed E-state index contributed by atoms with van der Waals surface area (Å²) in [6.07, 6.45) is 5.42. The van der Waals surface area contributed by atoms with Gasteiger partial charge in [0.15, 0.2) is 0 Å². The Morgan fingerprint density at radius 2 is 2.18 bits per heavy atom. The summed E-state index contributed by atoms with van der Waals surface area (Å²) in [5, 5.41) is 2.86. The second-order valence-corrected chi connectivity index (χ2v) is 4.91. The Hall–Kier alpha value is -1.32. The molecule has 17 heavy (non-hydrogen) atoms. The fourth-order valence-corrected chi connectivity index (χ4v) is 2.51. The second-order valence-electron chi connectivity index (χ2n) is 4.91. The molecule has 2 atom stereocenters. The van der Waals surface area contributed by atoms with E-state index in [4.69, 9.17) is 0 Å². The molecule has 1 N–H and O–H groups in total. The Kier molecular flexibility index (Phi) is 3.50. The highest BCUT2D eigenvalue weighted by atomic mass is 16.2. The first-order valence-corrected chi connectivity index (χ1v) is 6.40. The van der Waals surface area contributed by atoms with E-state index in [0.717, 1.165) is 25.7 Å². The fraction of sp³-hybridized carbons (Fsp3) is 0.692. The molecule has 1 aliphatic heterocycles. The number of rotatable bonds is 5. The van der Waals surface area contributed by atoms with Gasteiger partial charge >= 0.3 is 0 Å². The zero-order valence-electron chi connectivity index (χ0n) is 10.3. The highest BCUT2D eigenvalue weighted by molar-refractivity contribution is 5.97. The van der Waals surface area contributed by atoms with Gasteiger partial charge in [-0.1, -0.05) is 19.4 Å². The lowest BCUT2D eigenvalue weighted by Crippen LogP contribution is -2.63. The number of amides is 2. The maximum absolute atomic E-state index is 12.3. The maximum atomic E-state index is 12.3. The lowest BCUT2D eigenvalue weighted by atomic mass is 10.0. The first-order chi connectivity index (χ1) is 8.19. The molecule has 4 nitrogen and oxygen atoms in total. The van der Waals surface area contributed by atoms with Crippen LogP contribution in [0.5, 0.6) is 0 Å². The summed E-state index contributed by atoms with van der Waals surface area (Å²) in [5.41, 5.74) is 0. The molecule has 0 aromatic carbocycles. The highest BCUT2D eigenvalue weighted by Gasteiger charge is 2.46. The molecule has 2 aliphatic rings. The van der Waals surface area contributed by atoms with E-state index in [9.17, 15) is 9.59 Å². The quantitative estimate of drug-likeness (QED) is 0.726. The van der Waals surface area contributed by atoms with Crippen LogP contribution in [-0.4, -0.2) is 35.3 Å². The SMILES string of the molecule is C=CCN1C(=O)C(CCC)NC(=O)C1C1CC1. The van der Waals surface area contributed by atoms with Crippen molar-refractivity contribution in [3.8, 4) is 0 Å². The number of carbonyl (C=O) groups is 2. The van der Waals surface area contributed by atoms with Gasteiger partial charge in [-0.25, -0.2) is 0 Å². The zero-order chi connectivity index (χ0) is 12.4. The van der Waals surface area contributed by atoms with Crippen molar-refractivity contribution in [1.82, 2.24) is 10.2 Å². The molecule has 0 aromatic rings. The van der Waals surface area contributed by atoms with Crippen LogP contribution < -0.4 is 5.32 Å². The van der Waals surface area contributed by atoms with E-state index < -0.39 is 0 Å². The second kappa shape index (κ2) is 4.90. The summed E-state index contributed by atoms with van der Waals surface area (Å²) in [6.45, 7) is 6.17. The van der Waals surface area contributed by atoms with Gasteiger partial charge < -0.3 is 10.2 Å². The van der Waals surface area contributed by atoms with Crippen molar-refractivity contribution in [1.29, 1.82) is 0 Å². The van der Waals surface area contributed by atoms with Crippen molar-refractivity contribution >= 4 is 11.8 Å². The smallest absolute Gasteiger partial charge is 0.246 e. The van der Waals surface area contributed by atoms with Crippen LogP contribution in [0, 0.1) is 5.92 Å². The standard InChI is InChI=1S/C13H20N2O2/c1-3-5-10-13(17)15(8-4-2)11(9-6-7-9)12(16)14-10/h4,9-11H,2-3,5-8H2,1H3,(H,14,16). The number of hydrogen-bond donors (Lipinski definition) is 1. The van der Waals surface area contributed by atoms with E-state index in [1.54, 1.807) is 11.0 Å². The van der Waals surface area contributed by atoms with Crippen molar-refractivity contribution < 1.29 is 9.59 Å². The van der Waals surface area contributed by atoms with E-state index in [0.29, 0.717) is 12.5 Å². The third-order valence-corrected chi connectivity index (χ3v) is 3.47. The molecule has 1 saturated carbocycles. The molecule has 1 saturated heterocycles. The number of nitrogens with one attached hydrogen (secondary N) is 1. The van der Waals surface area contributed by atoms with Gasteiger partial charge in [0.2, 0.25) is 11.8 Å². The van der Waals surface area contributed by atoms with Crippen molar-refractivity contribution in [2.45, 2.75) is 44.7 Å². The molecule has 0 spiro atoms. The third-order valence-electron chi connectivity index (χ3n) is 3.47. The van der Waals surface area contributed by atoms with Crippen LogP contribution in [0.3, 0.4) is 0 Å². The van der Waals surface area contributed by atoms with Crippen LogP contribution in [0.4, 0.5) is 0 Å². The minimum atomic E-state index is -0.331. The molecule has 1 heterocycles. The van der Waals surface area contributed by atoms with Crippen molar-refractivity contribution in [2.75, 3.05) is 6.54 Å². The van der Waals surface area contributed by atoms with E-state index in [-0.39, 0.29) is 23.9 Å². The minimum Gasteiger partial charge on any atom is -0.342 e. The Morgan fingerprint density at radius 3 is 2.71 bits per heavy atom. The van der Waals surface area contributed by atoms with Crippen molar-refractivity contribution in [3.63, 3.8) is 0 Å². The Morgan fingerprint density at radius 1 is 1.47 bits per heavy atom. The van der Waals surface area contributed by atoms with E-state index in [1.165, 1.54) is 0 Å². The molecule has 2 rings (SSSR count). The molecule has 0 radical (unpaired) electrons. The minimum absolute atomic E-state index is 0.0207. The maximum Gasteiger partial charge on any atom is 0.246 e. The van der Waals surface area contributed by atoms with Crippen LogP contribution in [0.15, 0.2) is 12.7 Å². The summed E-state index contributed by atoms with van der Waals surface area (Å²) in [6, 6.07) is -0.587. The molecule has 2 fully saturated rings. The zero-order valence-corrected chi connectivity index (χ0v) is 10.3. The Labute approximate surface area is 102 Å². The average Bonchev–Trinajstić information content (AvgIpc) is 3.10. The first-order valence-electron chi connectivity index (χ1n) is 6.40. The van der Waals surface area contributed by atoms with Crippen molar-refractivity contribution in [3.05, 3.63) is 12.7 Å². The third kappa shape index (κ3) is 2.35. The van der Waals surface area contributed by atoms with E-state index in [1.807, 2.05) is 6.92 Å². The fourth-order valence-electron chi connectivity index (χ4n) is 2.51. The molecule has 4 heteroatoms. The average molecular weight is 236 g/mol. The van der Waals surface area contributed by atoms with E-state index >= 15 is 0 Å². The number of carbonyl (C=O) groups excluding carboxylic acids is 2. The van der Waals surface area contributed by atoms with Crippen LogP contribution in [0.25, 0.3) is 0 Å². The van der Waals surface area contributed by atoms with Gasteiger partial charge in [0.05, 0.1) is 0 Å². The topological polar surface area (TPSA) is 49.4 Å².